The summed E-state index contributed by atoms with van der Waals surface area (Å²) in [7, 11) is 0. The summed E-state index contributed by atoms with van der Waals surface area (Å²) < 4.78 is 0. The zero-order valence-corrected chi connectivity index (χ0v) is 13.3. The van der Waals surface area contributed by atoms with Crippen molar-refractivity contribution in [3.05, 3.63) is 29.3 Å². The molecule has 0 fully saturated rings. The smallest absolute Gasteiger partial charge is 0.223 e. The Bertz CT molecular complexity index is 474. The molecule has 0 heterocycles. The normalized spacial score (nSPS) is 18.9. The third kappa shape index (κ3) is 3.66. The van der Waals surface area contributed by atoms with Crippen LogP contribution in [0, 0.1) is 11.8 Å². The molecule has 112 valence electrons. The molecular weight excluding hydrogens is 272 g/mol. The van der Waals surface area contributed by atoms with Crippen molar-refractivity contribution in [2.75, 3.05) is 5.73 Å². The second-order valence-electron chi connectivity index (χ2n) is 5.94. The number of nitrogen functional groups attached to an aromatic ring is 1. The fourth-order valence-electron chi connectivity index (χ4n) is 2.59. The molecule has 0 aromatic heterocycles. The molecule has 3 nitrogen and oxygen atoms in total. The average molecular weight is 297 g/mol. The fourth-order valence-corrected chi connectivity index (χ4v) is 2.59. The van der Waals surface area contributed by atoms with Crippen LogP contribution in [0.2, 0.25) is 0 Å². The molecule has 4 heteroatoms. The minimum Gasteiger partial charge on any atom is -0.399 e. The zero-order chi connectivity index (χ0) is 14.0. The fraction of sp³-hybridized carbons (Fsp3) is 0.562. The van der Waals surface area contributed by atoms with Crippen molar-refractivity contribution in [1.29, 1.82) is 0 Å². The van der Waals surface area contributed by atoms with Crippen LogP contribution in [0.1, 0.15) is 50.8 Å². The molecule has 1 aliphatic rings. The molecule has 2 atom stereocenters. The number of benzene rings is 1. The standard InChI is InChI=1S/C16H24N2O.ClH/c1-10(2)11(3)16(19)18-15-6-4-5-12-9-13(17)7-8-14(12)15;/h7-11,15H,4-6,17H2,1-3H3,(H,18,19);1H. The minimum absolute atomic E-state index is 0. The Hall–Kier alpha value is -1.22. The van der Waals surface area contributed by atoms with Crippen molar-refractivity contribution in [3.63, 3.8) is 0 Å². The van der Waals surface area contributed by atoms with Gasteiger partial charge in [-0.1, -0.05) is 26.8 Å². The van der Waals surface area contributed by atoms with Gasteiger partial charge >= 0.3 is 0 Å². The van der Waals surface area contributed by atoms with E-state index in [1.807, 2.05) is 19.1 Å². The Labute approximate surface area is 127 Å². The molecule has 2 unspecified atom stereocenters. The summed E-state index contributed by atoms with van der Waals surface area (Å²) in [6, 6.07) is 6.18. The molecule has 0 saturated carbocycles. The quantitative estimate of drug-likeness (QED) is 0.839. The maximum atomic E-state index is 12.2. The summed E-state index contributed by atoms with van der Waals surface area (Å²) in [5.41, 5.74) is 9.16. The van der Waals surface area contributed by atoms with Crippen LogP contribution in [0.5, 0.6) is 0 Å². The van der Waals surface area contributed by atoms with Crippen LogP contribution in [0.3, 0.4) is 0 Å². The van der Waals surface area contributed by atoms with E-state index in [4.69, 9.17) is 5.73 Å². The van der Waals surface area contributed by atoms with Crippen LogP contribution in [0.15, 0.2) is 18.2 Å². The number of anilines is 1. The molecule has 0 bridgehead atoms. The van der Waals surface area contributed by atoms with Crippen LogP contribution in [0.4, 0.5) is 5.69 Å². The Morgan fingerprint density at radius 3 is 2.70 bits per heavy atom. The second-order valence-corrected chi connectivity index (χ2v) is 5.94. The van der Waals surface area contributed by atoms with Gasteiger partial charge in [-0.15, -0.1) is 12.4 Å². The maximum Gasteiger partial charge on any atom is 0.223 e. The van der Waals surface area contributed by atoms with Gasteiger partial charge in [-0.05, 0) is 48.4 Å². The van der Waals surface area contributed by atoms with E-state index >= 15 is 0 Å². The third-order valence-electron chi connectivity index (χ3n) is 4.21. The van der Waals surface area contributed by atoms with E-state index in [0.29, 0.717) is 5.92 Å². The number of amides is 1. The number of nitrogens with one attached hydrogen (secondary N) is 1. The van der Waals surface area contributed by atoms with Gasteiger partial charge in [-0.2, -0.15) is 0 Å². The Kier molecular flexibility index (Phi) is 5.88. The van der Waals surface area contributed by atoms with Crippen LogP contribution < -0.4 is 11.1 Å². The highest BCUT2D eigenvalue weighted by atomic mass is 35.5. The first-order chi connectivity index (χ1) is 8.99. The number of fused-ring (bicyclic) bond motifs is 1. The van der Waals surface area contributed by atoms with E-state index < -0.39 is 0 Å². The summed E-state index contributed by atoms with van der Waals surface area (Å²) in [5, 5.41) is 3.20. The maximum absolute atomic E-state index is 12.2. The second kappa shape index (κ2) is 6.98. The van der Waals surface area contributed by atoms with E-state index in [1.165, 1.54) is 11.1 Å². The van der Waals surface area contributed by atoms with Gasteiger partial charge in [0.15, 0.2) is 0 Å². The summed E-state index contributed by atoms with van der Waals surface area (Å²) in [6.45, 7) is 6.16. The molecule has 1 aromatic carbocycles. The van der Waals surface area contributed by atoms with Gasteiger partial charge in [0.1, 0.15) is 0 Å². The molecule has 3 N–H and O–H groups in total. The monoisotopic (exact) mass is 296 g/mol. The highest BCUT2D eigenvalue weighted by Crippen LogP contribution is 2.31. The number of nitrogens with two attached hydrogens (primary N) is 1. The van der Waals surface area contributed by atoms with Crippen molar-refractivity contribution < 1.29 is 4.79 Å². The van der Waals surface area contributed by atoms with E-state index in [-0.39, 0.29) is 30.3 Å². The molecule has 1 amide bonds. The van der Waals surface area contributed by atoms with Gasteiger partial charge < -0.3 is 11.1 Å². The van der Waals surface area contributed by atoms with Gasteiger partial charge in [-0.3, -0.25) is 4.79 Å². The van der Waals surface area contributed by atoms with Crippen molar-refractivity contribution >= 4 is 24.0 Å². The highest BCUT2D eigenvalue weighted by molar-refractivity contribution is 5.85. The van der Waals surface area contributed by atoms with Gasteiger partial charge in [0.05, 0.1) is 6.04 Å². The molecule has 2 rings (SSSR count). The van der Waals surface area contributed by atoms with Crippen molar-refractivity contribution in [2.45, 2.75) is 46.1 Å². The molecule has 1 aromatic rings. The summed E-state index contributed by atoms with van der Waals surface area (Å²) in [5.74, 6) is 0.582. The Morgan fingerprint density at radius 1 is 1.35 bits per heavy atom. The predicted octanol–water partition coefficient (Wildman–Crippen LogP) is 3.48. The van der Waals surface area contributed by atoms with Crippen LogP contribution in [-0.4, -0.2) is 5.91 Å². The molecule has 0 saturated heterocycles. The van der Waals surface area contributed by atoms with Crippen molar-refractivity contribution in [3.8, 4) is 0 Å². The van der Waals surface area contributed by atoms with Gasteiger partial charge in [0.2, 0.25) is 5.91 Å². The van der Waals surface area contributed by atoms with Crippen LogP contribution in [0.25, 0.3) is 0 Å². The van der Waals surface area contributed by atoms with Crippen molar-refractivity contribution in [1.82, 2.24) is 5.32 Å². The summed E-state index contributed by atoms with van der Waals surface area (Å²) >= 11 is 0. The van der Waals surface area contributed by atoms with Crippen LogP contribution in [-0.2, 0) is 11.2 Å². The number of aryl methyl sites for hydroxylation is 1. The number of rotatable bonds is 3. The molecular formula is C16H25ClN2O. The highest BCUT2D eigenvalue weighted by Gasteiger charge is 2.24. The van der Waals surface area contributed by atoms with Gasteiger partial charge in [0.25, 0.3) is 0 Å². The number of hydrogen-bond donors (Lipinski definition) is 2. The minimum atomic E-state index is 0. The summed E-state index contributed by atoms with van der Waals surface area (Å²) in [4.78, 5) is 12.2. The van der Waals surface area contributed by atoms with E-state index in [2.05, 4.69) is 25.2 Å². The Morgan fingerprint density at radius 2 is 2.05 bits per heavy atom. The first kappa shape index (κ1) is 16.8. The number of halogens is 1. The Balaban J connectivity index is 0.00000200. The lowest BCUT2D eigenvalue weighted by Crippen LogP contribution is -2.36. The first-order valence-electron chi connectivity index (χ1n) is 7.17. The third-order valence-corrected chi connectivity index (χ3v) is 4.21. The molecule has 20 heavy (non-hydrogen) atoms. The van der Waals surface area contributed by atoms with Crippen LogP contribution >= 0.6 is 12.4 Å². The lowest BCUT2D eigenvalue weighted by Gasteiger charge is -2.28. The largest absolute Gasteiger partial charge is 0.399 e. The number of carbonyl (C=O) groups excluding carboxylic acids is 1. The summed E-state index contributed by atoms with van der Waals surface area (Å²) in [6.07, 6.45) is 3.19. The zero-order valence-electron chi connectivity index (χ0n) is 12.5. The van der Waals surface area contributed by atoms with E-state index in [0.717, 1.165) is 24.9 Å². The number of carbonyl (C=O) groups is 1. The van der Waals surface area contributed by atoms with Gasteiger partial charge in [-0.25, -0.2) is 0 Å². The molecule has 0 aliphatic heterocycles. The molecule has 0 spiro atoms. The van der Waals surface area contributed by atoms with E-state index in [9.17, 15) is 4.79 Å². The molecule has 0 radical (unpaired) electrons. The SMILES string of the molecule is CC(C)C(C)C(=O)NC1CCCc2cc(N)ccc21.Cl. The first-order valence-corrected chi connectivity index (χ1v) is 7.17. The van der Waals surface area contributed by atoms with Gasteiger partial charge in [0, 0.05) is 11.6 Å². The lowest BCUT2D eigenvalue weighted by molar-refractivity contribution is -0.126. The lowest BCUT2D eigenvalue weighted by atomic mass is 9.86. The predicted molar refractivity (Wildman–Crippen MR) is 85.9 cm³/mol. The average Bonchev–Trinajstić information content (AvgIpc) is 2.37. The topological polar surface area (TPSA) is 55.1 Å². The van der Waals surface area contributed by atoms with E-state index in [1.54, 1.807) is 0 Å². The molecule has 1 aliphatic carbocycles. The number of hydrogen-bond acceptors (Lipinski definition) is 2. The van der Waals surface area contributed by atoms with Crippen molar-refractivity contribution in [2.24, 2.45) is 11.8 Å².